The first-order valence-electron chi connectivity index (χ1n) is 7.69. The normalized spacial score (nSPS) is 24.2. The zero-order valence-electron chi connectivity index (χ0n) is 12.2. The van der Waals surface area contributed by atoms with Crippen molar-refractivity contribution in [3.05, 3.63) is 35.1 Å². The van der Waals surface area contributed by atoms with Gasteiger partial charge in [-0.25, -0.2) is 4.39 Å². The molecule has 1 N–H and O–H groups in total. The summed E-state index contributed by atoms with van der Waals surface area (Å²) in [4.78, 5) is 0. The van der Waals surface area contributed by atoms with Crippen LogP contribution in [-0.2, 0) is 6.42 Å². The van der Waals surface area contributed by atoms with E-state index in [1.807, 2.05) is 13.0 Å². The average molecular weight is 263 g/mol. The topological polar surface area (TPSA) is 12.0 Å². The van der Waals surface area contributed by atoms with Crippen molar-refractivity contribution < 1.29 is 4.39 Å². The largest absolute Gasteiger partial charge is 0.314 e. The molecule has 1 nitrogen and oxygen atoms in total. The molecule has 0 bridgehead atoms. The third-order valence-corrected chi connectivity index (χ3v) is 4.41. The van der Waals surface area contributed by atoms with Crippen molar-refractivity contribution >= 4 is 0 Å². The highest BCUT2D eigenvalue weighted by Crippen LogP contribution is 2.27. The number of aryl methyl sites for hydroxylation is 1. The van der Waals surface area contributed by atoms with Gasteiger partial charge in [-0.3, -0.25) is 0 Å². The Morgan fingerprint density at radius 2 is 2.00 bits per heavy atom. The van der Waals surface area contributed by atoms with Crippen LogP contribution in [0, 0.1) is 18.7 Å². The van der Waals surface area contributed by atoms with Gasteiger partial charge in [-0.2, -0.15) is 0 Å². The second-order valence-corrected chi connectivity index (χ2v) is 5.84. The quantitative estimate of drug-likeness (QED) is 0.801. The first kappa shape index (κ1) is 14.5. The van der Waals surface area contributed by atoms with E-state index in [0.29, 0.717) is 12.0 Å². The lowest BCUT2D eigenvalue weighted by Crippen LogP contribution is -2.36. The van der Waals surface area contributed by atoms with Crippen molar-refractivity contribution in [2.24, 2.45) is 5.92 Å². The molecule has 0 radical (unpaired) electrons. The van der Waals surface area contributed by atoms with Gasteiger partial charge in [0.1, 0.15) is 5.82 Å². The molecular formula is C17H26FN. The van der Waals surface area contributed by atoms with Crippen molar-refractivity contribution in [2.75, 3.05) is 6.54 Å². The third kappa shape index (κ3) is 4.04. The van der Waals surface area contributed by atoms with Crippen LogP contribution in [0.4, 0.5) is 4.39 Å². The molecule has 1 aliphatic carbocycles. The lowest BCUT2D eigenvalue weighted by atomic mass is 9.87. The van der Waals surface area contributed by atoms with E-state index in [4.69, 9.17) is 0 Å². The van der Waals surface area contributed by atoms with Gasteiger partial charge in [-0.15, -0.1) is 0 Å². The maximum atomic E-state index is 13.2. The highest BCUT2D eigenvalue weighted by molar-refractivity contribution is 5.27. The van der Waals surface area contributed by atoms with Crippen LogP contribution in [0.3, 0.4) is 0 Å². The van der Waals surface area contributed by atoms with E-state index < -0.39 is 0 Å². The fraction of sp³-hybridized carbons (Fsp3) is 0.647. The fourth-order valence-corrected chi connectivity index (χ4v) is 3.33. The number of hydrogen-bond acceptors (Lipinski definition) is 1. The molecule has 1 fully saturated rings. The van der Waals surface area contributed by atoms with Crippen molar-refractivity contribution in [1.29, 1.82) is 0 Å². The van der Waals surface area contributed by atoms with Crippen LogP contribution in [0.5, 0.6) is 0 Å². The average Bonchev–Trinajstić information content (AvgIpc) is 2.59. The summed E-state index contributed by atoms with van der Waals surface area (Å²) in [6.07, 6.45) is 7.72. The van der Waals surface area contributed by atoms with Gasteiger partial charge in [-0.05, 0) is 61.9 Å². The van der Waals surface area contributed by atoms with Crippen LogP contribution < -0.4 is 5.32 Å². The molecule has 106 valence electrons. The highest BCUT2D eigenvalue weighted by atomic mass is 19.1. The first-order chi connectivity index (χ1) is 9.20. The highest BCUT2D eigenvalue weighted by Gasteiger charge is 2.23. The summed E-state index contributed by atoms with van der Waals surface area (Å²) < 4.78 is 13.2. The van der Waals surface area contributed by atoms with Crippen LogP contribution in [0.15, 0.2) is 18.2 Å². The molecule has 0 aliphatic heterocycles. The SMILES string of the molecule is CCNC1CCCCCC1Cc1ccc(F)cc1C. The first-order valence-corrected chi connectivity index (χ1v) is 7.69. The van der Waals surface area contributed by atoms with Crippen LogP contribution in [0.1, 0.15) is 50.2 Å². The molecule has 1 saturated carbocycles. The molecule has 1 aromatic carbocycles. The Hall–Kier alpha value is -0.890. The number of nitrogens with one attached hydrogen (secondary N) is 1. The summed E-state index contributed by atoms with van der Waals surface area (Å²) in [5.41, 5.74) is 2.41. The van der Waals surface area contributed by atoms with Crippen LogP contribution in [0.25, 0.3) is 0 Å². The molecule has 0 aromatic heterocycles. The van der Waals surface area contributed by atoms with Gasteiger partial charge in [0.05, 0.1) is 0 Å². The van der Waals surface area contributed by atoms with Gasteiger partial charge in [0.25, 0.3) is 0 Å². The molecule has 0 saturated heterocycles. The Morgan fingerprint density at radius 1 is 1.21 bits per heavy atom. The fourth-order valence-electron chi connectivity index (χ4n) is 3.33. The second-order valence-electron chi connectivity index (χ2n) is 5.84. The number of halogens is 1. The van der Waals surface area contributed by atoms with Gasteiger partial charge in [-0.1, -0.05) is 32.3 Å². The van der Waals surface area contributed by atoms with Crippen molar-refractivity contribution in [2.45, 2.75) is 58.4 Å². The zero-order valence-corrected chi connectivity index (χ0v) is 12.2. The predicted molar refractivity (Wildman–Crippen MR) is 78.9 cm³/mol. The number of benzene rings is 1. The molecular weight excluding hydrogens is 237 g/mol. The number of rotatable bonds is 4. The molecule has 2 rings (SSSR count). The second kappa shape index (κ2) is 7.04. The summed E-state index contributed by atoms with van der Waals surface area (Å²) in [6.45, 7) is 5.26. The molecule has 0 heterocycles. The maximum Gasteiger partial charge on any atom is 0.123 e. The minimum atomic E-state index is -0.120. The Kier molecular flexibility index (Phi) is 5.38. The molecule has 1 aliphatic rings. The Balaban J connectivity index is 2.09. The Labute approximate surface area is 116 Å². The lowest BCUT2D eigenvalue weighted by Gasteiger charge is -2.26. The van der Waals surface area contributed by atoms with E-state index in [-0.39, 0.29) is 5.82 Å². The molecule has 1 aromatic rings. The minimum absolute atomic E-state index is 0.120. The van der Waals surface area contributed by atoms with Crippen LogP contribution in [-0.4, -0.2) is 12.6 Å². The zero-order chi connectivity index (χ0) is 13.7. The van der Waals surface area contributed by atoms with Gasteiger partial charge in [0.2, 0.25) is 0 Å². The standard InChI is InChI=1S/C17H26FN/c1-3-19-17-8-6-4-5-7-15(17)12-14-9-10-16(18)11-13(14)2/h9-11,15,17,19H,3-8,12H2,1-2H3. The third-order valence-electron chi connectivity index (χ3n) is 4.41. The van der Waals surface area contributed by atoms with E-state index in [9.17, 15) is 4.39 Å². The summed E-state index contributed by atoms with van der Waals surface area (Å²) in [7, 11) is 0. The number of hydrogen-bond donors (Lipinski definition) is 1. The molecule has 19 heavy (non-hydrogen) atoms. The van der Waals surface area contributed by atoms with Gasteiger partial charge in [0.15, 0.2) is 0 Å². The predicted octanol–water partition coefficient (Wildman–Crippen LogP) is 4.24. The van der Waals surface area contributed by atoms with Gasteiger partial charge >= 0.3 is 0 Å². The van der Waals surface area contributed by atoms with E-state index in [1.165, 1.54) is 37.7 Å². The molecule has 2 heteroatoms. The van der Waals surface area contributed by atoms with E-state index >= 15 is 0 Å². The van der Waals surface area contributed by atoms with E-state index in [2.05, 4.69) is 12.2 Å². The molecule has 2 atom stereocenters. The molecule has 0 spiro atoms. The summed E-state index contributed by atoms with van der Waals surface area (Å²) in [6, 6.07) is 5.87. The summed E-state index contributed by atoms with van der Waals surface area (Å²) in [5, 5.41) is 3.65. The maximum absolute atomic E-state index is 13.2. The smallest absolute Gasteiger partial charge is 0.123 e. The van der Waals surface area contributed by atoms with Crippen molar-refractivity contribution in [3.8, 4) is 0 Å². The minimum Gasteiger partial charge on any atom is -0.314 e. The van der Waals surface area contributed by atoms with Crippen LogP contribution >= 0.6 is 0 Å². The Bertz CT molecular complexity index is 402. The van der Waals surface area contributed by atoms with Crippen LogP contribution in [0.2, 0.25) is 0 Å². The lowest BCUT2D eigenvalue weighted by molar-refractivity contribution is 0.337. The molecule has 0 amide bonds. The molecule has 2 unspecified atom stereocenters. The summed E-state index contributed by atoms with van der Waals surface area (Å²) >= 11 is 0. The monoisotopic (exact) mass is 263 g/mol. The van der Waals surface area contributed by atoms with Crippen molar-refractivity contribution in [3.63, 3.8) is 0 Å². The van der Waals surface area contributed by atoms with Crippen molar-refractivity contribution in [1.82, 2.24) is 5.32 Å². The van der Waals surface area contributed by atoms with E-state index in [0.717, 1.165) is 18.5 Å². The van der Waals surface area contributed by atoms with Gasteiger partial charge < -0.3 is 5.32 Å². The van der Waals surface area contributed by atoms with E-state index in [1.54, 1.807) is 12.1 Å². The van der Waals surface area contributed by atoms with Gasteiger partial charge in [0, 0.05) is 6.04 Å². The Morgan fingerprint density at radius 3 is 2.74 bits per heavy atom. The summed E-state index contributed by atoms with van der Waals surface area (Å²) in [5.74, 6) is 0.581.